The van der Waals surface area contributed by atoms with Crippen LogP contribution < -0.4 is 9.47 Å². The van der Waals surface area contributed by atoms with E-state index in [1.165, 1.54) is 48.5 Å². The number of rotatable bonds is 5. The van der Waals surface area contributed by atoms with Gasteiger partial charge in [0.1, 0.15) is 34.0 Å². The number of ether oxygens (including phenoxy) is 2. The Morgan fingerprint density at radius 1 is 0.750 bits per heavy atom. The van der Waals surface area contributed by atoms with Crippen molar-refractivity contribution in [3.63, 3.8) is 0 Å². The van der Waals surface area contributed by atoms with Gasteiger partial charge in [-0.1, -0.05) is 17.7 Å². The molecule has 0 saturated heterocycles. The second-order valence-corrected chi connectivity index (χ2v) is 5.25. The molecule has 0 aliphatic carbocycles. The molecule has 3 nitrogen and oxygen atoms in total. The Morgan fingerprint density at radius 3 is 1.71 bits per heavy atom. The van der Waals surface area contributed by atoms with Gasteiger partial charge >= 0.3 is 0 Å². The first-order valence-electron chi connectivity index (χ1n) is 7.07. The van der Waals surface area contributed by atoms with Crippen molar-refractivity contribution in [3.05, 3.63) is 89.2 Å². The first-order valence-corrected chi connectivity index (χ1v) is 7.45. The molecular formula is C18H12ClF2NO2. The van der Waals surface area contributed by atoms with Crippen LogP contribution in [0.5, 0.6) is 11.5 Å². The van der Waals surface area contributed by atoms with E-state index in [4.69, 9.17) is 21.1 Å². The van der Waals surface area contributed by atoms with Crippen LogP contribution in [0.1, 0.15) is 12.0 Å². The maximum Gasteiger partial charge on any atom is 0.284 e. The lowest BCUT2D eigenvalue weighted by Gasteiger charge is -2.20. The van der Waals surface area contributed by atoms with Crippen LogP contribution in [0.25, 0.3) is 0 Å². The van der Waals surface area contributed by atoms with Crippen LogP contribution in [-0.4, -0.2) is 4.98 Å². The van der Waals surface area contributed by atoms with Crippen molar-refractivity contribution in [1.82, 2.24) is 4.98 Å². The predicted molar refractivity (Wildman–Crippen MR) is 86.0 cm³/mol. The van der Waals surface area contributed by atoms with Gasteiger partial charge in [-0.3, -0.25) is 0 Å². The number of aromatic nitrogens is 1. The molecule has 24 heavy (non-hydrogen) atoms. The van der Waals surface area contributed by atoms with E-state index in [1.54, 1.807) is 18.2 Å². The Hall–Kier alpha value is -2.66. The number of hydrogen-bond donors (Lipinski definition) is 0. The largest absolute Gasteiger partial charge is 0.449 e. The maximum absolute atomic E-state index is 13.0. The van der Waals surface area contributed by atoms with E-state index in [2.05, 4.69) is 4.98 Å². The van der Waals surface area contributed by atoms with E-state index in [0.717, 1.165) is 0 Å². The lowest BCUT2D eigenvalue weighted by Crippen LogP contribution is -2.16. The van der Waals surface area contributed by atoms with Crippen LogP contribution in [0.15, 0.2) is 66.7 Å². The van der Waals surface area contributed by atoms with Gasteiger partial charge in [-0.25, -0.2) is 13.8 Å². The minimum Gasteiger partial charge on any atom is -0.449 e. The molecule has 122 valence electrons. The van der Waals surface area contributed by atoms with Crippen LogP contribution in [0, 0.1) is 11.6 Å². The molecule has 3 rings (SSSR count). The minimum atomic E-state index is -0.931. The molecule has 1 heterocycles. The van der Waals surface area contributed by atoms with Gasteiger partial charge in [0.2, 0.25) is 0 Å². The summed E-state index contributed by atoms with van der Waals surface area (Å²) in [4.78, 5) is 4.17. The van der Waals surface area contributed by atoms with Gasteiger partial charge in [0.25, 0.3) is 6.29 Å². The van der Waals surface area contributed by atoms with Gasteiger partial charge in [-0.15, -0.1) is 0 Å². The molecule has 0 spiro atoms. The van der Waals surface area contributed by atoms with Gasteiger partial charge in [0.15, 0.2) is 0 Å². The van der Waals surface area contributed by atoms with E-state index in [0.29, 0.717) is 17.2 Å². The van der Waals surface area contributed by atoms with Crippen molar-refractivity contribution in [2.45, 2.75) is 6.29 Å². The van der Waals surface area contributed by atoms with Gasteiger partial charge < -0.3 is 9.47 Å². The SMILES string of the molecule is Fc1ccc(OC(Oc2ccc(F)cc2)c2cccc(Cl)n2)cc1. The number of nitrogens with zero attached hydrogens (tertiary/aromatic N) is 1. The van der Waals surface area contributed by atoms with Gasteiger partial charge in [-0.05, 0) is 60.7 Å². The zero-order chi connectivity index (χ0) is 16.9. The summed E-state index contributed by atoms with van der Waals surface area (Å²) in [7, 11) is 0. The zero-order valence-corrected chi connectivity index (χ0v) is 13.1. The number of hydrogen-bond acceptors (Lipinski definition) is 3. The summed E-state index contributed by atoms with van der Waals surface area (Å²) in [5.74, 6) is 0.0361. The molecule has 6 heteroatoms. The highest BCUT2D eigenvalue weighted by Crippen LogP contribution is 2.26. The molecular weight excluding hydrogens is 336 g/mol. The third-order valence-electron chi connectivity index (χ3n) is 3.09. The van der Waals surface area contributed by atoms with E-state index in [9.17, 15) is 8.78 Å². The Balaban J connectivity index is 1.87. The number of pyridine rings is 1. The van der Waals surface area contributed by atoms with Crippen molar-refractivity contribution >= 4 is 11.6 Å². The fourth-order valence-corrected chi connectivity index (χ4v) is 2.14. The molecule has 0 aliphatic heterocycles. The lowest BCUT2D eigenvalue weighted by molar-refractivity contribution is 0.000234. The number of halogens is 3. The lowest BCUT2D eigenvalue weighted by atomic mass is 10.3. The fourth-order valence-electron chi connectivity index (χ4n) is 1.97. The zero-order valence-electron chi connectivity index (χ0n) is 12.3. The second-order valence-electron chi connectivity index (χ2n) is 4.86. The van der Waals surface area contributed by atoms with Crippen molar-refractivity contribution in [1.29, 1.82) is 0 Å². The summed E-state index contributed by atoms with van der Waals surface area (Å²) in [6.07, 6.45) is -0.931. The molecule has 2 aromatic carbocycles. The van der Waals surface area contributed by atoms with Crippen LogP contribution in [0.4, 0.5) is 8.78 Å². The minimum absolute atomic E-state index is 0.280. The highest BCUT2D eigenvalue weighted by Gasteiger charge is 2.18. The van der Waals surface area contributed by atoms with E-state index in [1.807, 2.05) is 0 Å². The molecule has 0 radical (unpaired) electrons. The highest BCUT2D eigenvalue weighted by atomic mass is 35.5. The first kappa shape index (κ1) is 16.2. The Kier molecular flexibility index (Phi) is 4.91. The molecule has 0 unspecified atom stereocenters. The second kappa shape index (κ2) is 7.27. The predicted octanol–water partition coefficient (Wildman–Crippen LogP) is 5.17. The smallest absolute Gasteiger partial charge is 0.284 e. The highest BCUT2D eigenvalue weighted by molar-refractivity contribution is 6.29. The molecule has 3 aromatic rings. The summed E-state index contributed by atoms with van der Waals surface area (Å²) >= 11 is 5.92. The molecule has 0 aliphatic rings. The van der Waals surface area contributed by atoms with Crippen molar-refractivity contribution in [2.24, 2.45) is 0 Å². The monoisotopic (exact) mass is 347 g/mol. The van der Waals surface area contributed by atoms with E-state index >= 15 is 0 Å². The summed E-state index contributed by atoms with van der Waals surface area (Å²) in [6.45, 7) is 0. The summed E-state index contributed by atoms with van der Waals surface area (Å²) < 4.78 is 37.5. The molecule has 0 bridgehead atoms. The molecule has 1 aromatic heterocycles. The van der Waals surface area contributed by atoms with Crippen molar-refractivity contribution < 1.29 is 18.3 Å². The van der Waals surface area contributed by atoms with E-state index < -0.39 is 6.29 Å². The fraction of sp³-hybridized carbons (Fsp3) is 0.0556. The van der Waals surface area contributed by atoms with E-state index in [-0.39, 0.29) is 16.8 Å². The quantitative estimate of drug-likeness (QED) is 0.471. The van der Waals surface area contributed by atoms with Gasteiger partial charge in [0.05, 0.1) is 0 Å². The topological polar surface area (TPSA) is 31.4 Å². The van der Waals surface area contributed by atoms with Crippen LogP contribution in [0.2, 0.25) is 5.15 Å². The Morgan fingerprint density at radius 2 is 1.25 bits per heavy atom. The van der Waals surface area contributed by atoms with Crippen molar-refractivity contribution in [2.75, 3.05) is 0 Å². The first-order chi connectivity index (χ1) is 11.6. The van der Waals surface area contributed by atoms with Gasteiger partial charge in [0, 0.05) is 0 Å². The van der Waals surface area contributed by atoms with Crippen LogP contribution in [-0.2, 0) is 0 Å². The average molecular weight is 348 g/mol. The molecule has 0 amide bonds. The van der Waals surface area contributed by atoms with Gasteiger partial charge in [-0.2, -0.15) is 0 Å². The standard InChI is InChI=1S/C18H12ClF2NO2/c19-17-3-1-2-16(22-17)18(23-14-8-4-12(20)5-9-14)24-15-10-6-13(21)7-11-15/h1-11,18H. The third kappa shape index (κ3) is 4.20. The summed E-state index contributed by atoms with van der Waals surface area (Å²) in [6, 6.07) is 16.0. The molecule has 0 saturated carbocycles. The average Bonchev–Trinajstić information content (AvgIpc) is 2.58. The molecule has 0 fully saturated rings. The maximum atomic E-state index is 13.0. The normalized spacial score (nSPS) is 10.7. The van der Waals surface area contributed by atoms with Crippen molar-refractivity contribution in [3.8, 4) is 11.5 Å². The van der Waals surface area contributed by atoms with Crippen LogP contribution in [0.3, 0.4) is 0 Å². The Labute approximate surface area is 142 Å². The van der Waals surface area contributed by atoms with Crippen LogP contribution >= 0.6 is 11.6 Å². The third-order valence-corrected chi connectivity index (χ3v) is 3.30. The summed E-state index contributed by atoms with van der Waals surface area (Å²) in [5, 5.41) is 0.280. The Bertz CT molecular complexity index is 763. The molecule has 0 N–H and O–H groups in total. The summed E-state index contributed by atoms with van der Waals surface area (Å²) in [5.41, 5.74) is 0.427. The molecule has 0 atom stereocenters. The number of benzene rings is 2.